The van der Waals surface area contributed by atoms with Crippen LogP contribution in [0, 0.1) is 0 Å². The Hall–Kier alpha value is -1.58. The summed E-state index contributed by atoms with van der Waals surface area (Å²) in [4.78, 5) is 13.9. The number of amides is 1. The third-order valence-corrected chi connectivity index (χ3v) is 3.34. The molecular weight excluding hydrogens is 257 g/mol. The summed E-state index contributed by atoms with van der Waals surface area (Å²) in [5.41, 5.74) is 0.407. The minimum Gasteiger partial charge on any atom is -0.444 e. The number of hydrogen-bond donors (Lipinski definition) is 0. The van der Waals surface area contributed by atoms with Gasteiger partial charge in [-0.2, -0.15) is 0 Å². The minimum atomic E-state index is -0.936. The number of benzene rings is 1. The SMILES string of the molecule is CC(c1ccccc1)N(C(=O)OC(C)(C)C)[C@@H]1C[C@@H]1F. The quantitative estimate of drug-likeness (QED) is 0.833. The van der Waals surface area contributed by atoms with Crippen LogP contribution in [0.25, 0.3) is 0 Å². The van der Waals surface area contributed by atoms with Gasteiger partial charge < -0.3 is 4.74 Å². The molecule has 0 heterocycles. The van der Waals surface area contributed by atoms with Gasteiger partial charge in [0.05, 0.1) is 12.1 Å². The van der Waals surface area contributed by atoms with Crippen LogP contribution >= 0.6 is 0 Å². The Labute approximate surface area is 119 Å². The molecule has 1 saturated carbocycles. The summed E-state index contributed by atoms with van der Waals surface area (Å²) < 4.78 is 18.9. The van der Waals surface area contributed by atoms with Gasteiger partial charge in [-0.25, -0.2) is 9.18 Å². The monoisotopic (exact) mass is 279 g/mol. The van der Waals surface area contributed by atoms with E-state index in [0.29, 0.717) is 6.42 Å². The number of carbonyl (C=O) groups is 1. The molecule has 1 amide bonds. The Morgan fingerprint density at radius 3 is 2.35 bits per heavy atom. The van der Waals surface area contributed by atoms with Crippen molar-refractivity contribution in [2.45, 2.75) is 58.0 Å². The molecule has 0 radical (unpaired) electrons. The zero-order chi connectivity index (χ0) is 14.9. The van der Waals surface area contributed by atoms with E-state index in [-0.39, 0.29) is 12.1 Å². The highest BCUT2D eigenvalue weighted by molar-refractivity contribution is 5.70. The molecule has 0 spiro atoms. The van der Waals surface area contributed by atoms with E-state index >= 15 is 0 Å². The van der Waals surface area contributed by atoms with E-state index in [1.165, 1.54) is 4.90 Å². The van der Waals surface area contributed by atoms with Gasteiger partial charge in [-0.1, -0.05) is 30.3 Å². The summed E-state index contributed by atoms with van der Waals surface area (Å²) >= 11 is 0. The van der Waals surface area contributed by atoms with Crippen LogP contribution in [0.3, 0.4) is 0 Å². The van der Waals surface area contributed by atoms with Gasteiger partial charge in [0.2, 0.25) is 0 Å². The highest BCUT2D eigenvalue weighted by Crippen LogP contribution is 2.38. The zero-order valence-electron chi connectivity index (χ0n) is 12.5. The minimum absolute atomic E-state index is 0.197. The van der Waals surface area contributed by atoms with Crippen LogP contribution < -0.4 is 0 Å². The Balaban J connectivity index is 2.18. The average Bonchev–Trinajstić information content (AvgIpc) is 3.05. The molecule has 1 aromatic rings. The van der Waals surface area contributed by atoms with Crippen molar-refractivity contribution in [2.75, 3.05) is 0 Å². The van der Waals surface area contributed by atoms with Crippen LogP contribution in [-0.2, 0) is 4.74 Å². The fourth-order valence-corrected chi connectivity index (χ4v) is 2.23. The van der Waals surface area contributed by atoms with Gasteiger partial charge in [-0.05, 0) is 33.3 Å². The maximum absolute atomic E-state index is 13.4. The summed E-state index contributed by atoms with van der Waals surface area (Å²) in [6.45, 7) is 7.35. The normalized spacial score (nSPS) is 23.1. The maximum Gasteiger partial charge on any atom is 0.411 e. The van der Waals surface area contributed by atoms with Gasteiger partial charge in [0, 0.05) is 6.42 Å². The first-order valence-electron chi connectivity index (χ1n) is 7.00. The van der Waals surface area contributed by atoms with Crippen LogP contribution in [0.2, 0.25) is 0 Å². The highest BCUT2D eigenvalue weighted by Gasteiger charge is 2.47. The molecule has 1 unspecified atom stereocenters. The molecule has 0 saturated heterocycles. The van der Waals surface area contributed by atoms with Gasteiger partial charge in [0.15, 0.2) is 0 Å². The average molecular weight is 279 g/mol. The summed E-state index contributed by atoms with van der Waals surface area (Å²) in [6, 6.07) is 9.08. The number of hydrogen-bond acceptors (Lipinski definition) is 2. The maximum atomic E-state index is 13.4. The Kier molecular flexibility index (Phi) is 4.02. The van der Waals surface area contributed by atoms with Crippen molar-refractivity contribution in [3.05, 3.63) is 35.9 Å². The second-order valence-electron chi connectivity index (χ2n) is 6.29. The van der Waals surface area contributed by atoms with Gasteiger partial charge >= 0.3 is 6.09 Å². The van der Waals surface area contributed by atoms with Crippen LogP contribution in [0.15, 0.2) is 30.3 Å². The van der Waals surface area contributed by atoms with E-state index in [0.717, 1.165) is 5.56 Å². The second-order valence-corrected chi connectivity index (χ2v) is 6.29. The number of rotatable bonds is 3. The van der Waals surface area contributed by atoms with Crippen molar-refractivity contribution in [1.82, 2.24) is 4.90 Å². The molecule has 0 N–H and O–H groups in total. The van der Waals surface area contributed by atoms with E-state index in [4.69, 9.17) is 4.74 Å². The summed E-state index contributed by atoms with van der Waals surface area (Å²) in [7, 11) is 0. The topological polar surface area (TPSA) is 29.5 Å². The van der Waals surface area contributed by atoms with Crippen LogP contribution in [0.5, 0.6) is 0 Å². The van der Waals surface area contributed by atoms with Crippen molar-refractivity contribution in [2.24, 2.45) is 0 Å². The lowest BCUT2D eigenvalue weighted by molar-refractivity contribution is 0.0135. The van der Waals surface area contributed by atoms with Gasteiger partial charge in [0.25, 0.3) is 0 Å². The van der Waals surface area contributed by atoms with Crippen molar-refractivity contribution in [1.29, 1.82) is 0 Å². The molecule has 1 aliphatic rings. The standard InChI is InChI=1S/C16H22FNO2/c1-11(12-8-6-5-7-9-12)18(14-10-13(14)17)15(19)20-16(2,3)4/h5-9,11,13-14H,10H2,1-4H3/t11?,13-,14+/m0/s1. The number of ether oxygens (including phenoxy) is 1. The lowest BCUT2D eigenvalue weighted by Gasteiger charge is -2.32. The molecule has 1 fully saturated rings. The first-order valence-corrected chi connectivity index (χ1v) is 7.00. The lowest BCUT2D eigenvalue weighted by Crippen LogP contribution is -2.40. The third-order valence-electron chi connectivity index (χ3n) is 3.34. The number of carbonyl (C=O) groups excluding carboxylic acids is 1. The first-order chi connectivity index (χ1) is 9.29. The van der Waals surface area contributed by atoms with E-state index < -0.39 is 17.9 Å². The number of alkyl halides is 1. The largest absolute Gasteiger partial charge is 0.444 e. The van der Waals surface area contributed by atoms with Gasteiger partial charge in [-0.15, -0.1) is 0 Å². The van der Waals surface area contributed by atoms with Crippen LogP contribution in [-0.4, -0.2) is 28.8 Å². The van der Waals surface area contributed by atoms with E-state index in [1.807, 2.05) is 58.0 Å². The smallest absolute Gasteiger partial charge is 0.411 e. The van der Waals surface area contributed by atoms with Crippen LogP contribution in [0.4, 0.5) is 9.18 Å². The van der Waals surface area contributed by atoms with E-state index in [1.54, 1.807) is 0 Å². The Morgan fingerprint density at radius 1 is 1.35 bits per heavy atom. The van der Waals surface area contributed by atoms with Crippen molar-refractivity contribution in [3.8, 4) is 0 Å². The summed E-state index contributed by atoms with van der Waals surface area (Å²) in [5, 5.41) is 0. The van der Waals surface area contributed by atoms with Gasteiger partial charge in [0.1, 0.15) is 11.8 Å². The third kappa shape index (κ3) is 3.50. The highest BCUT2D eigenvalue weighted by atomic mass is 19.1. The molecule has 0 aliphatic heterocycles. The number of halogens is 1. The first kappa shape index (κ1) is 14.8. The Bertz CT molecular complexity index is 469. The van der Waals surface area contributed by atoms with Crippen molar-refractivity contribution < 1.29 is 13.9 Å². The zero-order valence-corrected chi connectivity index (χ0v) is 12.5. The molecule has 3 atom stereocenters. The molecule has 1 aliphatic carbocycles. The molecule has 1 aromatic carbocycles. The molecule has 2 rings (SSSR count). The molecule has 0 aromatic heterocycles. The molecule has 0 bridgehead atoms. The fraction of sp³-hybridized carbons (Fsp3) is 0.562. The van der Waals surface area contributed by atoms with E-state index in [2.05, 4.69) is 0 Å². The van der Waals surface area contributed by atoms with Crippen molar-refractivity contribution in [3.63, 3.8) is 0 Å². The number of nitrogens with zero attached hydrogens (tertiary/aromatic N) is 1. The lowest BCUT2D eigenvalue weighted by atomic mass is 10.1. The predicted molar refractivity (Wildman–Crippen MR) is 76.2 cm³/mol. The molecule has 20 heavy (non-hydrogen) atoms. The summed E-state index contributed by atoms with van der Waals surface area (Å²) in [5.74, 6) is 0. The molecule has 110 valence electrons. The molecular formula is C16H22FNO2. The second kappa shape index (κ2) is 5.43. The Morgan fingerprint density at radius 2 is 1.90 bits per heavy atom. The van der Waals surface area contributed by atoms with Crippen LogP contribution in [0.1, 0.15) is 45.7 Å². The predicted octanol–water partition coefficient (Wildman–Crippen LogP) is 4.10. The molecule has 4 heteroatoms. The van der Waals surface area contributed by atoms with Crippen molar-refractivity contribution >= 4 is 6.09 Å². The summed E-state index contributed by atoms with van der Waals surface area (Å²) in [6.07, 6.45) is -0.983. The fourth-order valence-electron chi connectivity index (χ4n) is 2.23. The van der Waals surface area contributed by atoms with E-state index in [9.17, 15) is 9.18 Å². The molecule has 3 nitrogen and oxygen atoms in total. The van der Waals surface area contributed by atoms with Gasteiger partial charge in [-0.3, -0.25) is 4.90 Å².